The van der Waals surface area contributed by atoms with Crippen LogP contribution in [0, 0.1) is 5.82 Å². The van der Waals surface area contributed by atoms with Gasteiger partial charge in [0, 0.05) is 5.69 Å². The molecule has 152 valence electrons. The van der Waals surface area contributed by atoms with Crippen LogP contribution in [0.4, 0.5) is 36.4 Å². The van der Waals surface area contributed by atoms with Crippen LogP contribution in [-0.4, -0.2) is 14.3 Å². The van der Waals surface area contributed by atoms with Gasteiger partial charge in [-0.1, -0.05) is 6.07 Å². The molecule has 0 radical (unpaired) electrons. The molecule has 3 N–H and O–H groups in total. The van der Waals surface area contributed by atoms with Crippen molar-refractivity contribution in [3.8, 4) is 0 Å². The van der Waals surface area contributed by atoms with E-state index in [0.29, 0.717) is 0 Å². The number of hydrogen-bond donors (Lipinski definition) is 2. The summed E-state index contributed by atoms with van der Waals surface area (Å²) in [6.45, 7) is 0. The number of primary sulfonamides is 1. The molecule has 0 aliphatic heterocycles. The van der Waals surface area contributed by atoms with Crippen molar-refractivity contribution in [3.63, 3.8) is 0 Å². The van der Waals surface area contributed by atoms with Gasteiger partial charge in [0.05, 0.1) is 16.0 Å². The van der Waals surface area contributed by atoms with Crippen molar-refractivity contribution in [3.05, 3.63) is 58.9 Å². The Labute approximate surface area is 153 Å². The van der Waals surface area contributed by atoms with E-state index in [4.69, 9.17) is 5.14 Å². The highest BCUT2D eigenvalue weighted by molar-refractivity contribution is 7.89. The van der Waals surface area contributed by atoms with Crippen molar-refractivity contribution in [2.75, 3.05) is 5.32 Å². The molecule has 13 heteroatoms. The number of nitrogens with one attached hydrogen (secondary N) is 1. The van der Waals surface area contributed by atoms with Crippen LogP contribution in [0.3, 0.4) is 0 Å². The van der Waals surface area contributed by atoms with E-state index >= 15 is 0 Å². The van der Waals surface area contributed by atoms with E-state index in [1.54, 1.807) is 0 Å². The van der Waals surface area contributed by atoms with E-state index < -0.39 is 55.7 Å². The number of hydrogen-bond acceptors (Lipinski definition) is 3. The largest absolute Gasteiger partial charge is 0.419 e. The Hall–Kier alpha value is -2.67. The number of nitrogens with two attached hydrogens (primary N) is 1. The summed E-state index contributed by atoms with van der Waals surface area (Å²) < 4.78 is 114. The summed E-state index contributed by atoms with van der Waals surface area (Å²) in [6.07, 6.45) is -11.2. The van der Waals surface area contributed by atoms with Gasteiger partial charge in [0.25, 0.3) is 5.91 Å². The molecule has 28 heavy (non-hydrogen) atoms. The third kappa shape index (κ3) is 4.59. The third-order valence-corrected chi connectivity index (χ3v) is 4.31. The molecule has 2 aromatic carbocycles. The van der Waals surface area contributed by atoms with Crippen molar-refractivity contribution in [1.82, 2.24) is 0 Å². The Balaban J connectivity index is 2.50. The summed E-state index contributed by atoms with van der Waals surface area (Å²) in [5.41, 5.74) is -6.53. The van der Waals surface area contributed by atoms with Gasteiger partial charge in [-0.15, -0.1) is 0 Å². The highest BCUT2D eigenvalue weighted by Gasteiger charge is 2.46. The molecule has 0 aliphatic carbocycles. The number of halogens is 7. The van der Waals surface area contributed by atoms with E-state index in [1.807, 2.05) is 5.32 Å². The van der Waals surface area contributed by atoms with Gasteiger partial charge in [-0.05, 0) is 30.3 Å². The van der Waals surface area contributed by atoms with Gasteiger partial charge >= 0.3 is 12.4 Å². The monoisotopic (exact) mass is 430 g/mol. The van der Waals surface area contributed by atoms with Crippen LogP contribution in [0.5, 0.6) is 0 Å². The van der Waals surface area contributed by atoms with Crippen LogP contribution >= 0.6 is 0 Å². The van der Waals surface area contributed by atoms with Gasteiger partial charge in [0.1, 0.15) is 11.4 Å². The van der Waals surface area contributed by atoms with Crippen molar-refractivity contribution in [2.24, 2.45) is 5.14 Å². The van der Waals surface area contributed by atoms with Crippen LogP contribution < -0.4 is 10.5 Å². The van der Waals surface area contributed by atoms with E-state index in [2.05, 4.69) is 0 Å². The Morgan fingerprint density at radius 1 is 0.964 bits per heavy atom. The van der Waals surface area contributed by atoms with Crippen molar-refractivity contribution in [2.45, 2.75) is 17.2 Å². The molecule has 0 bridgehead atoms. The van der Waals surface area contributed by atoms with Crippen LogP contribution in [0.1, 0.15) is 21.5 Å². The van der Waals surface area contributed by atoms with Crippen LogP contribution in [0.25, 0.3) is 0 Å². The fourth-order valence-corrected chi connectivity index (χ4v) is 2.77. The first-order valence-electron chi connectivity index (χ1n) is 7.03. The van der Waals surface area contributed by atoms with Gasteiger partial charge in [-0.3, -0.25) is 4.79 Å². The van der Waals surface area contributed by atoms with Gasteiger partial charge in [0.15, 0.2) is 0 Å². The van der Waals surface area contributed by atoms with Crippen molar-refractivity contribution in [1.29, 1.82) is 0 Å². The zero-order valence-corrected chi connectivity index (χ0v) is 14.1. The zero-order valence-electron chi connectivity index (χ0n) is 13.3. The minimum atomic E-state index is -5.72. The number of carbonyl (C=O) groups is 1. The number of anilines is 1. The fraction of sp³-hybridized carbons (Fsp3) is 0.133. The maximum Gasteiger partial charge on any atom is 0.419 e. The second-order valence-corrected chi connectivity index (χ2v) is 6.93. The number of sulfonamides is 1. The summed E-state index contributed by atoms with van der Waals surface area (Å²) in [5.74, 6) is -3.94. The van der Waals surface area contributed by atoms with E-state index in [-0.39, 0.29) is 17.8 Å². The minimum absolute atomic E-state index is 0.0679. The molecule has 0 fully saturated rings. The SMILES string of the molecule is NS(=O)(=O)c1cccc(NC(=O)c2ccc(C(F)(F)F)c(C(F)(F)F)c2F)c1. The lowest BCUT2D eigenvalue weighted by molar-refractivity contribution is -0.163. The van der Waals surface area contributed by atoms with Crippen molar-refractivity contribution >= 4 is 21.6 Å². The Morgan fingerprint density at radius 2 is 1.57 bits per heavy atom. The topological polar surface area (TPSA) is 89.3 Å². The summed E-state index contributed by atoms with van der Waals surface area (Å²) in [6, 6.07) is 4.29. The van der Waals surface area contributed by atoms with Crippen LogP contribution in [-0.2, 0) is 22.4 Å². The highest BCUT2D eigenvalue weighted by Crippen LogP contribution is 2.42. The van der Waals surface area contributed by atoms with Crippen molar-refractivity contribution < 1.29 is 43.9 Å². The first-order chi connectivity index (χ1) is 12.6. The quantitative estimate of drug-likeness (QED) is 0.727. The molecule has 0 aromatic heterocycles. The maximum atomic E-state index is 14.2. The molecule has 0 unspecified atom stereocenters. The Kier molecular flexibility index (Phi) is 5.45. The number of alkyl halides is 6. The van der Waals surface area contributed by atoms with Gasteiger partial charge < -0.3 is 5.32 Å². The second-order valence-electron chi connectivity index (χ2n) is 5.37. The van der Waals surface area contributed by atoms with Gasteiger partial charge in [-0.2, -0.15) is 26.3 Å². The lowest BCUT2D eigenvalue weighted by Crippen LogP contribution is -2.22. The molecule has 5 nitrogen and oxygen atoms in total. The summed E-state index contributed by atoms with van der Waals surface area (Å²) in [7, 11) is -4.18. The van der Waals surface area contributed by atoms with E-state index in [1.165, 1.54) is 0 Å². The Morgan fingerprint density at radius 3 is 2.07 bits per heavy atom. The molecule has 0 saturated carbocycles. The summed E-state index contributed by atoms with van der Waals surface area (Å²) in [4.78, 5) is 11.6. The molecule has 0 heterocycles. The molecule has 0 saturated heterocycles. The molecule has 1 amide bonds. The predicted molar refractivity (Wildman–Crippen MR) is 82.2 cm³/mol. The fourth-order valence-electron chi connectivity index (χ4n) is 2.21. The highest BCUT2D eigenvalue weighted by atomic mass is 32.2. The van der Waals surface area contributed by atoms with Crippen LogP contribution in [0.2, 0.25) is 0 Å². The molecule has 0 spiro atoms. The normalized spacial score (nSPS) is 12.7. The first kappa shape index (κ1) is 21.6. The maximum absolute atomic E-state index is 14.2. The third-order valence-electron chi connectivity index (χ3n) is 3.40. The average Bonchev–Trinajstić information content (AvgIpc) is 2.51. The summed E-state index contributed by atoms with van der Waals surface area (Å²) >= 11 is 0. The summed E-state index contributed by atoms with van der Waals surface area (Å²) in [5, 5.41) is 6.79. The minimum Gasteiger partial charge on any atom is -0.322 e. The first-order valence-corrected chi connectivity index (χ1v) is 8.58. The molecule has 2 rings (SSSR count). The average molecular weight is 430 g/mol. The molecule has 0 aliphatic rings. The second kappa shape index (κ2) is 7.05. The number of carbonyl (C=O) groups excluding carboxylic acids is 1. The standard InChI is InChI=1S/C15H9F7N2O3S/c16-12-9(4-5-10(14(17,18)19)11(12)15(20,21)22)13(25)24-7-2-1-3-8(6-7)28(23,26)27/h1-6H,(H,24,25)(H2,23,26,27). The van der Waals surface area contributed by atoms with Crippen LogP contribution in [0.15, 0.2) is 41.3 Å². The lowest BCUT2D eigenvalue weighted by Gasteiger charge is -2.18. The number of amides is 1. The number of rotatable bonds is 3. The lowest BCUT2D eigenvalue weighted by atomic mass is 10.0. The van der Waals surface area contributed by atoms with E-state index in [9.17, 15) is 43.9 Å². The van der Waals surface area contributed by atoms with Gasteiger partial charge in [-0.25, -0.2) is 17.9 Å². The van der Waals surface area contributed by atoms with E-state index in [0.717, 1.165) is 24.3 Å². The zero-order chi connectivity index (χ0) is 21.5. The molecular weight excluding hydrogens is 421 g/mol. The predicted octanol–water partition coefficient (Wildman–Crippen LogP) is 3.76. The Bertz CT molecular complexity index is 1030. The molecular formula is C15H9F7N2O3S. The molecule has 0 atom stereocenters. The number of benzene rings is 2. The van der Waals surface area contributed by atoms with Gasteiger partial charge in [0.2, 0.25) is 10.0 Å². The smallest absolute Gasteiger partial charge is 0.322 e. The molecule has 2 aromatic rings.